The first-order chi connectivity index (χ1) is 6.29. The van der Waals surface area contributed by atoms with Gasteiger partial charge in [0.1, 0.15) is 0 Å². The second kappa shape index (κ2) is 6.01. The van der Waals surface area contributed by atoms with Crippen LogP contribution in [0.2, 0.25) is 0 Å². The molecule has 0 unspecified atom stereocenters. The van der Waals surface area contributed by atoms with E-state index < -0.39 is 0 Å². The molecule has 0 atom stereocenters. The zero-order valence-electron chi connectivity index (χ0n) is 9.03. The van der Waals surface area contributed by atoms with Crippen LogP contribution in [-0.2, 0) is 0 Å². The molecule has 0 fully saturated rings. The second-order valence-electron chi connectivity index (χ2n) is 4.33. The van der Waals surface area contributed by atoms with E-state index in [-0.39, 0.29) is 0 Å². The first-order valence-corrected chi connectivity index (χ1v) is 5.62. The van der Waals surface area contributed by atoms with Crippen LogP contribution in [0.3, 0.4) is 0 Å². The van der Waals surface area contributed by atoms with E-state index in [0.717, 1.165) is 19.0 Å². The lowest BCUT2D eigenvalue weighted by Crippen LogP contribution is -2.75. The van der Waals surface area contributed by atoms with Gasteiger partial charge in [-0.3, -0.25) is 10.3 Å². The fourth-order valence-electron chi connectivity index (χ4n) is 1.59. The molecule has 1 aliphatic heterocycles. The van der Waals surface area contributed by atoms with Crippen molar-refractivity contribution in [1.82, 2.24) is 5.32 Å². The molecule has 0 aromatic rings. The maximum Gasteiger partial charge on any atom is 0.242 e. The van der Waals surface area contributed by atoms with Gasteiger partial charge in [0.15, 0.2) is 0 Å². The molecule has 1 rings (SSSR count). The Labute approximate surface area is 81.8 Å². The van der Waals surface area contributed by atoms with Gasteiger partial charge in [0.2, 0.25) is 5.84 Å². The van der Waals surface area contributed by atoms with Crippen molar-refractivity contribution in [1.29, 1.82) is 0 Å². The first-order valence-electron chi connectivity index (χ1n) is 5.62. The summed E-state index contributed by atoms with van der Waals surface area (Å²) in [4.78, 5) is 3.46. The lowest BCUT2D eigenvalue weighted by Gasteiger charge is -2.03. The Morgan fingerprint density at radius 1 is 1.31 bits per heavy atom. The van der Waals surface area contributed by atoms with Crippen LogP contribution in [0, 0.1) is 5.92 Å². The highest BCUT2D eigenvalue weighted by Gasteiger charge is 2.08. The third-order valence-electron chi connectivity index (χ3n) is 2.50. The summed E-state index contributed by atoms with van der Waals surface area (Å²) in [5, 5.41) is 3.50. The fourth-order valence-corrected chi connectivity index (χ4v) is 1.59. The zero-order valence-corrected chi connectivity index (χ0v) is 9.03. The number of hydrogen-bond acceptors (Lipinski definition) is 1. The van der Waals surface area contributed by atoms with E-state index in [9.17, 15) is 0 Å². The molecular weight excluding hydrogens is 160 g/mol. The third-order valence-corrected chi connectivity index (χ3v) is 2.50. The van der Waals surface area contributed by atoms with Crippen LogP contribution >= 0.6 is 0 Å². The average Bonchev–Trinajstić information content (AvgIpc) is 2.32. The smallest absolute Gasteiger partial charge is 0.242 e. The summed E-state index contributed by atoms with van der Waals surface area (Å²) in [6.07, 6.45) is 6.54. The van der Waals surface area contributed by atoms with Crippen molar-refractivity contribution in [3.05, 3.63) is 0 Å². The van der Waals surface area contributed by atoms with E-state index in [0.29, 0.717) is 0 Å². The Morgan fingerprint density at radius 2 is 2.15 bits per heavy atom. The lowest BCUT2D eigenvalue weighted by atomic mass is 10.1. The van der Waals surface area contributed by atoms with Crippen LogP contribution < -0.4 is 10.3 Å². The summed E-state index contributed by atoms with van der Waals surface area (Å²) in [6.45, 7) is 6.82. The van der Waals surface area contributed by atoms with E-state index in [1.807, 2.05) is 0 Å². The van der Waals surface area contributed by atoms with Gasteiger partial charge in [0.25, 0.3) is 0 Å². The van der Waals surface area contributed by atoms with E-state index in [1.165, 1.54) is 37.9 Å². The molecule has 2 heteroatoms. The highest BCUT2D eigenvalue weighted by atomic mass is 15.0. The molecule has 2 N–H and O–H groups in total. The summed E-state index contributed by atoms with van der Waals surface area (Å²) in [5.74, 6) is 2.18. The minimum atomic E-state index is 0.805. The number of amidine groups is 1. The Morgan fingerprint density at radius 3 is 2.92 bits per heavy atom. The summed E-state index contributed by atoms with van der Waals surface area (Å²) >= 11 is 0. The van der Waals surface area contributed by atoms with Crippen LogP contribution in [0.15, 0.2) is 0 Å². The quantitative estimate of drug-likeness (QED) is 0.661. The highest BCUT2D eigenvalue weighted by Crippen LogP contribution is 2.00. The van der Waals surface area contributed by atoms with Crippen molar-refractivity contribution >= 4 is 5.84 Å². The molecule has 0 radical (unpaired) electrons. The maximum absolute atomic E-state index is 3.50. The standard InChI is InChI=1S/C11H22N2/c1-10(2)7-9-13-11-6-4-3-5-8-12-11/h10H,3-9H2,1-2H3,(H,12,13)/p+1. The molecule has 13 heavy (non-hydrogen) atoms. The van der Waals surface area contributed by atoms with Crippen LogP contribution in [0.4, 0.5) is 0 Å². The van der Waals surface area contributed by atoms with E-state index in [4.69, 9.17) is 0 Å². The molecule has 0 bridgehead atoms. The topological polar surface area (TPSA) is 26.0 Å². The number of hydrogen-bond donors (Lipinski definition) is 2. The van der Waals surface area contributed by atoms with Crippen molar-refractivity contribution in [2.75, 3.05) is 13.1 Å². The van der Waals surface area contributed by atoms with Gasteiger partial charge in [0.05, 0.1) is 13.1 Å². The first kappa shape index (κ1) is 10.6. The van der Waals surface area contributed by atoms with Gasteiger partial charge in [-0.05, 0) is 31.6 Å². The predicted molar refractivity (Wildman–Crippen MR) is 56.8 cm³/mol. The summed E-state index contributed by atoms with van der Waals surface area (Å²) in [6, 6.07) is 0. The summed E-state index contributed by atoms with van der Waals surface area (Å²) in [7, 11) is 0. The molecule has 0 saturated carbocycles. The van der Waals surface area contributed by atoms with Crippen molar-refractivity contribution in [3.8, 4) is 0 Å². The number of rotatable bonds is 3. The van der Waals surface area contributed by atoms with Crippen molar-refractivity contribution in [2.45, 2.75) is 46.0 Å². The maximum atomic E-state index is 3.50. The third kappa shape index (κ3) is 4.91. The van der Waals surface area contributed by atoms with Crippen molar-refractivity contribution in [3.63, 3.8) is 0 Å². The Balaban J connectivity index is 2.15. The van der Waals surface area contributed by atoms with Gasteiger partial charge >= 0.3 is 0 Å². The monoisotopic (exact) mass is 183 g/mol. The average molecular weight is 183 g/mol. The molecular formula is C11H23N2+. The minimum absolute atomic E-state index is 0.805. The predicted octanol–water partition coefficient (Wildman–Crippen LogP) is 0.675. The van der Waals surface area contributed by atoms with Crippen LogP contribution in [0.25, 0.3) is 0 Å². The molecule has 2 nitrogen and oxygen atoms in total. The largest absolute Gasteiger partial charge is 0.279 e. The normalized spacial score (nSPS) is 18.2. The van der Waals surface area contributed by atoms with Crippen molar-refractivity contribution in [2.24, 2.45) is 5.92 Å². The zero-order chi connectivity index (χ0) is 9.52. The molecule has 76 valence electrons. The molecule has 0 saturated heterocycles. The van der Waals surface area contributed by atoms with E-state index >= 15 is 0 Å². The molecule has 0 aromatic heterocycles. The van der Waals surface area contributed by atoms with Crippen LogP contribution in [0.1, 0.15) is 46.0 Å². The summed E-state index contributed by atoms with van der Waals surface area (Å²) < 4.78 is 0. The fraction of sp³-hybridized carbons (Fsp3) is 0.909. The Bertz CT molecular complexity index is 161. The Hall–Kier alpha value is -0.530. The lowest BCUT2D eigenvalue weighted by molar-refractivity contribution is -0.459. The molecule has 0 amide bonds. The van der Waals surface area contributed by atoms with Gasteiger partial charge in [-0.2, -0.15) is 0 Å². The molecule has 0 aromatic carbocycles. The van der Waals surface area contributed by atoms with E-state index in [2.05, 4.69) is 24.2 Å². The molecule has 0 spiro atoms. The van der Waals surface area contributed by atoms with Gasteiger partial charge in [-0.25, -0.2) is 0 Å². The van der Waals surface area contributed by atoms with Gasteiger partial charge in [-0.15, -0.1) is 0 Å². The van der Waals surface area contributed by atoms with Crippen molar-refractivity contribution < 1.29 is 4.99 Å². The molecule has 0 aliphatic carbocycles. The minimum Gasteiger partial charge on any atom is -0.279 e. The highest BCUT2D eigenvalue weighted by molar-refractivity contribution is 5.76. The SMILES string of the molecule is CC(C)CCNC1=[NH+]CCCCC1. The van der Waals surface area contributed by atoms with Gasteiger partial charge in [-0.1, -0.05) is 13.8 Å². The summed E-state index contributed by atoms with van der Waals surface area (Å²) in [5.41, 5.74) is 0. The van der Waals surface area contributed by atoms with Gasteiger partial charge in [0, 0.05) is 6.42 Å². The second-order valence-corrected chi connectivity index (χ2v) is 4.33. The molecule has 1 heterocycles. The van der Waals surface area contributed by atoms with E-state index in [1.54, 1.807) is 0 Å². The Kier molecular flexibility index (Phi) is 4.87. The molecule has 1 aliphatic rings. The number of nitrogens with one attached hydrogen (secondary N) is 2. The van der Waals surface area contributed by atoms with Crippen LogP contribution in [-0.4, -0.2) is 18.9 Å². The van der Waals surface area contributed by atoms with Gasteiger partial charge < -0.3 is 0 Å². The van der Waals surface area contributed by atoms with Crippen LogP contribution in [0.5, 0.6) is 0 Å².